The van der Waals surface area contributed by atoms with Crippen LogP contribution in [0.4, 0.5) is 5.69 Å². The quantitative estimate of drug-likeness (QED) is 0.299. The maximum atomic E-state index is 12.5. The highest BCUT2D eigenvalue weighted by Crippen LogP contribution is 2.23. The van der Waals surface area contributed by atoms with E-state index in [1.165, 1.54) is 0 Å². The van der Waals surface area contributed by atoms with Crippen LogP contribution in [-0.4, -0.2) is 24.8 Å². The number of nitrogens with one attached hydrogen (secondary N) is 3. The van der Waals surface area contributed by atoms with Gasteiger partial charge in [-0.2, -0.15) is 0 Å². The molecule has 0 atom stereocenters. The maximum Gasteiger partial charge on any atom is 0.269 e. The van der Waals surface area contributed by atoms with Gasteiger partial charge in [-0.25, -0.2) is 0 Å². The van der Waals surface area contributed by atoms with E-state index >= 15 is 0 Å². The molecule has 0 aliphatic carbocycles. The number of carbonyl (C=O) groups is 3. The minimum absolute atomic E-state index is 0.0120. The molecule has 0 aromatic heterocycles. The van der Waals surface area contributed by atoms with E-state index in [1.807, 2.05) is 12.1 Å². The monoisotopic (exact) mass is 571 g/mol. The van der Waals surface area contributed by atoms with Crippen LogP contribution in [-0.2, 0) is 5.41 Å². The molecule has 0 saturated carbocycles. The lowest BCUT2D eigenvalue weighted by molar-refractivity contribution is 0.0846. The number of anilines is 1. The van der Waals surface area contributed by atoms with E-state index in [0.717, 1.165) is 9.13 Å². The summed E-state index contributed by atoms with van der Waals surface area (Å²) in [5.41, 5.74) is 7.76. The van der Waals surface area contributed by atoms with E-state index in [4.69, 9.17) is 4.74 Å². The molecule has 0 aliphatic rings. The molecule has 7 nitrogen and oxygen atoms in total. The van der Waals surface area contributed by atoms with Crippen LogP contribution in [0.5, 0.6) is 5.75 Å². The largest absolute Gasteiger partial charge is 0.496 e. The average molecular weight is 571 g/mol. The Kier molecular flexibility index (Phi) is 7.93. The third-order valence-corrected chi connectivity index (χ3v) is 5.96. The van der Waals surface area contributed by atoms with Gasteiger partial charge in [-0.3, -0.25) is 25.2 Å². The van der Waals surface area contributed by atoms with Gasteiger partial charge in [0.15, 0.2) is 0 Å². The Balaban J connectivity index is 1.56. The number of benzene rings is 3. The van der Waals surface area contributed by atoms with Gasteiger partial charge < -0.3 is 10.1 Å². The SMILES string of the molecule is COc1ccc(C(=O)NNC(=O)c2ccc(NC(=O)c3ccc(C(C)(C)C)cc3)cc2)cc1I. The van der Waals surface area contributed by atoms with E-state index in [2.05, 4.69) is 59.5 Å². The van der Waals surface area contributed by atoms with E-state index in [0.29, 0.717) is 28.1 Å². The molecule has 3 aromatic rings. The molecule has 0 radical (unpaired) electrons. The summed E-state index contributed by atoms with van der Waals surface area (Å²) in [6, 6.07) is 18.8. The Hall–Kier alpha value is -3.40. The zero-order valence-electron chi connectivity index (χ0n) is 19.4. The Morgan fingerprint density at radius 3 is 1.76 bits per heavy atom. The lowest BCUT2D eigenvalue weighted by Crippen LogP contribution is -2.41. The number of hydrazine groups is 1. The van der Waals surface area contributed by atoms with Crippen molar-refractivity contribution in [2.75, 3.05) is 12.4 Å². The first kappa shape index (κ1) is 25.2. The van der Waals surface area contributed by atoms with Gasteiger partial charge in [-0.05, 0) is 88.2 Å². The predicted molar refractivity (Wildman–Crippen MR) is 140 cm³/mol. The fourth-order valence-corrected chi connectivity index (χ4v) is 3.83. The van der Waals surface area contributed by atoms with Gasteiger partial charge in [0, 0.05) is 22.4 Å². The highest BCUT2D eigenvalue weighted by molar-refractivity contribution is 14.1. The van der Waals surface area contributed by atoms with Crippen molar-refractivity contribution >= 4 is 46.0 Å². The highest BCUT2D eigenvalue weighted by Gasteiger charge is 2.15. The van der Waals surface area contributed by atoms with Crippen molar-refractivity contribution in [1.29, 1.82) is 0 Å². The van der Waals surface area contributed by atoms with Crippen molar-refractivity contribution in [3.05, 3.63) is 92.6 Å². The van der Waals surface area contributed by atoms with Crippen LogP contribution in [0.1, 0.15) is 57.4 Å². The van der Waals surface area contributed by atoms with Crippen molar-refractivity contribution in [1.82, 2.24) is 10.9 Å². The fraction of sp³-hybridized carbons (Fsp3) is 0.192. The molecule has 0 fully saturated rings. The lowest BCUT2D eigenvalue weighted by Gasteiger charge is -2.19. The third-order valence-electron chi connectivity index (χ3n) is 5.12. The van der Waals surface area contributed by atoms with Crippen molar-refractivity contribution in [2.45, 2.75) is 26.2 Å². The molecular weight excluding hydrogens is 545 g/mol. The van der Waals surface area contributed by atoms with Gasteiger partial charge in [-0.15, -0.1) is 0 Å². The first-order valence-electron chi connectivity index (χ1n) is 10.5. The fourth-order valence-electron chi connectivity index (χ4n) is 3.10. The van der Waals surface area contributed by atoms with Gasteiger partial charge in [0.05, 0.1) is 10.7 Å². The molecule has 0 saturated heterocycles. The van der Waals surface area contributed by atoms with Crippen LogP contribution >= 0.6 is 22.6 Å². The molecule has 0 aliphatic heterocycles. The van der Waals surface area contributed by atoms with Crippen molar-refractivity contribution in [3.63, 3.8) is 0 Å². The summed E-state index contributed by atoms with van der Waals surface area (Å²) in [6.45, 7) is 6.35. The number of halogens is 1. The normalized spacial score (nSPS) is 10.9. The van der Waals surface area contributed by atoms with Gasteiger partial charge in [0.1, 0.15) is 5.75 Å². The van der Waals surface area contributed by atoms with Crippen LogP contribution in [0.25, 0.3) is 0 Å². The zero-order chi connectivity index (χ0) is 24.9. The molecular formula is C26H26IN3O4. The summed E-state index contributed by atoms with van der Waals surface area (Å²) in [6.07, 6.45) is 0. The van der Waals surface area contributed by atoms with Gasteiger partial charge >= 0.3 is 0 Å². The Labute approximate surface area is 212 Å². The minimum atomic E-state index is -0.479. The summed E-state index contributed by atoms with van der Waals surface area (Å²) in [5, 5.41) is 2.82. The molecule has 3 amide bonds. The molecule has 0 unspecified atom stereocenters. The average Bonchev–Trinajstić information content (AvgIpc) is 2.82. The van der Waals surface area contributed by atoms with Crippen LogP contribution in [0, 0.1) is 3.57 Å². The van der Waals surface area contributed by atoms with Crippen LogP contribution in [0.3, 0.4) is 0 Å². The number of hydrogen-bond donors (Lipinski definition) is 3. The maximum absolute atomic E-state index is 12.5. The van der Waals surface area contributed by atoms with Gasteiger partial charge in [-0.1, -0.05) is 32.9 Å². The van der Waals surface area contributed by atoms with Crippen LogP contribution in [0.2, 0.25) is 0 Å². The van der Waals surface area contributed by atoms with Crippen molar-refractivity contribution in [2.24, 2.45) is 0 Å². The molecule has 176 valence electrons. The first-order chi connectivity index (χ1) is 16.1. The van der Waals surface area contributed by atoms with Gasteiger partial charge in [0.2, 0.25) is 0 Å². The first-order valence-corrected chi connectivity index (χ1v) is 11.6. The summed E-state index contributed by atoms with van der Waals surface area (Å²) in [7, 11) is 1.55. The molecule has 0 bridgehead atoms. The topological polar surface area (TPSA) is 96.5 Å². The number of amides is 3. The second kappa shape index (κ2) is 10.7. The summed E-state index contributed by atoms with van der Waals surface area (Å²) < 4.78 is 5.96. The third kappa shape index (κ3) is 6.34. The molecule has 3 rings (SSSR count). The van der Waals surface area contributed by atoms with E-state index < -0.39 is 11.8 Å². The number of rotatable bonds is 5. The molecule has 0 spiro atoms. The summed E-state index contributed by atoms with van der Waals surface area (Å²) >= 11 is 2.07. The summed E-state index contributed by atoms with van der Waals surface area (Å²) in [5.74, 6) is -0.503. The van der Waals surface area contributed by atoms with Crippen molar-refractivity contribution in [3.8, 4) is 5.75 Å². The lowest BCUT2D eigenvalue weighted by atomic mass is 9.87. The molecule has 3 aromatic carbocycles. The highest BCUT2D eigenvalue weighted by atomic mass is 127. The van der Waals surface area contributed by atoms with E-state index in [-0.39, 0.29) is 11.3 Å². The molecule has 0 heterocycles. The standard InChI is InChI=1S/C26H26IN3O4/c1-26(2,3)19-10-5-16(6-11-19)23(31)28-20-12-7-17(8-13-20)24(32)29-30-25(33)18-9-14-22(34-4)21(27)15-18/h5-15H,1-4H3,(H,28,31)(H,29,32)(H,30,33). The van der Waals surface area contributed by atoms with Crippen molar-refractivity contribution < 1.29 is 19.1 Å². The van der Waals surface area contributed by atoms with E-state index in [1.54, 1.807) is 61.7 Å². The smallest absolute Gasteiger partial charge is 0.269 e. The number of methoxy groups -OCH3 is 1. The van der Waals surface area contributed by atoms with E-state index in [9.17, 15) is 14.4 Å². The van der Waals surface area contributed by atoms with Crippen LogP contribution in [0.15, 0.2) is 66.7 Å². The Morgan fingerprint density at radius 1 is 0.735 bits per heavy atom. The molecule has 8 heteroatoms. The molecule has 34 heavy (non-hydrogen) atoms. The zero-order valence-corrected chi connectivity index (χ0v) is 21.5. The Morgan fingerprint density at radius 2 is 1.24 bits per heavy atom. The predicted octanol–water partition coefficient (Wildman–Crippen LogP) is 4.92. The number of ether oxygens (including phenoxy) is 1. The second-order valence-electron chi connectivity index (χ2n) is 8.62. The Bertz CT molecular complexity index is 1200. The van der Waals surface area contributed by atoms with Crippen LogP contribution < -0.4 is 20.9 Å². The number of hydrogen-bond acceptors (Lipinski definition) is 4. The summed E-state index contributed by atoms with van der Waals surface area (Å²) in [4.78, 5) is 37.2. The molecule has 3 N–H and O–H groups in total. The second-order valence-corrected chi connectivity index (χ2v) is 9.78. The minimum Gasteiger partial charge on any atom is -0.496 e. The van der Waals surface area contributed by atoms with Gasteiger partial charge in [0.25, 0.3) is 17.7 Å². The number of carbonyl (C=O) groups excluding carboxylic acids is 3.